The van der Waals surface area contributed by atoms with Crippen LogP contribution in [0.1, 0.15) is 18.4 Å². The number of hydrogen-bond acceptors (Lipinski definition) is 4. The topological polar surface area (TPSA) is 93.5 Å². The molecule has 0 aromatic carbocycles. The Hall–Kier alpha value is -1.95. The van der Waals surface area contributed by atoms with E-state index in [4.69, 9.17) is 10.8 Å². The van der Waals surface area contributed by atoms with Crippen LogP contribution in [0.15, 0.2) is 24.7 Å². The summed E-state index contributed by atoms with van der Waals surface area (Å²) in [6.07, 6.45) is 6.75. The van der Waals surface area contributed by atoms with Crippen molar-refractivity contribution in [2.45, 2.75) is 24.3 Å². The summed E-state index contributed by atoms with van der Waals surface area (Å²) in [7, 11) is 0. The summed E-state index contributed by atoms with van der Waals surface area (Å²) >= 11 is 0. The third-order valence-corrected chi connectivity index (χ3v) is 3.47. The van der Waals surface area contributed by atoms with E-state index in [2.05, 4.69) is 10.1 Å². The van der Waals surface area contributed by atoms with Gasteiger partial charge in [0.25, 0.3) is 0 Å². The van der Waals surface area contributed by atoms with E-state index in [0.29, 0.717) is 0 Å². The van der Waals surface area contributed by atoms with Gasteiger partial charge in [0.05, 0.1) is 6.20 Å². The Bertz CT molecular complexity index is 588. The molecule has 88 valence electrons. The Kier molecular flexibility index (Phi) is 1.97. The highest BCUT2D eigenvalue weighted by Gasteiger charge is 2.52. The van der Waals surface area contributed by atoms with Gasteiger partial charge in [-0.1, -0.05) is 0 Å². The molecule has 17 heavy (non-hydrogen) atoms. The zero-order valence-corrected chi connectivity index (χ0v) is 9.08. The van der Waals surface area contributed by atoms with Gasteiger partial charge in [-0.15, -0.1) is 0 Å². The van der Waals surface area contributed by atoms with Crippen molar-refractivity contribution in [3.63, 3.8) is 0 Å². The maximum absolute atomic E-state index is 11.0. The van der Waals surface area contributed by atoms with Crippen molar-refractivity contribution in [3.8, 4) is 0 Å². The highest BCUT2D eigenvalue weighted by molar-refractivity contribution is 5.76. The molecule has 0 spiro atoms. The summed E-state index contributed by atoms with van der Waals surface area (Å²) in [6.45, 7) is 0. The van der Waals surface area contributed by atoms with E-state index in [9.17, 15) is 4.79 Å². The molecule has 1 aliphatic carbocycles. The molecule has 2 aromatic rings. The average molecular weight is 232 g/mol. The van der Waals surface area contributed by atoms with Crippen LogP contribution in [0.4, 0.5) is 0 Å². The number of carboxylic acid groups (broad SMARTS) is 1. The van der Waals surface area contributed by atoms with Gasteiger partial charge in [-0.3, -0.25) is 4.79 Å². The zero-order chi connectivity index (χ0) is 12.0. The van der Waals surface area contributed by atoms with Gasteiger partial charge in [0.1, 0.15) is 6.04 Å². The van der Waals surface area contributed by atoms with Gasteiger partial charge in [0, 0.05) is 23.9 Å². The lowest BCUT2D eigenvalue weighted by molar-refractivity contribution is -0.139. The standard InChI is InChI=1S/C11H12N4O2/c12-9(10(16)17)11(2-3-11)7-5-13-8-1-4-14-15(8)6-7/h1,4-6,9H,2-3,12H2,(H,16,17). The van der Waals surface area contributed by atoms with Crippen LogP contribution < -0.4 is 5.73 Å². The number of carboxylic acids is 1. The summed E-state index contributed by atoms with van der Waals surface area (Å²) in [4.78, 5) is 15.2. The number of nitrogens with two attached hydrogens (primary N) is 1. The number of aromatic nitrogens is 3. The van der Waals surface area contributed by atoms with E-state index >= 15 is 0 Å². The maximum Gasteiger partial charge on any atom is 0.321 e. The summed E-state index contributed by atoms with van der Waals surface area (Å²) < 4.78 is 1.64. The van der Waals surface area contributed by atoms with Crippen molar-refractivity contribution in [2.24, 2.45) is 5.73 Å². The van der Waals surface area contributed by atoms with Crippen LogP contribution in [0, 0.1) is 0 Å². The molecule has 0 bridgehead atoms. The number of carbonyl (C=O) groups is 1. The lowest BCUT2D eigenvalue weighted by atomic mass is 9.90. The van der Waals surface area contributed by atoms with Crippen LogP contribution in [0.5, 0.6) is 0 Å². The molecular formula is C11H12N4O2. The van der Waals surface area contributed by atoms with Crippen LogP contribution in [0.3, 0.4) is 0 Å². The predicted molar refractivity (Wildman–Crippen MR) is 59.5 cm³/mol. The SMILES string of the molecule is NC(C(=O)O)C1(c2cnc3ccnn3c2)CC1. The Morgan fingerprint density at radius 1 is 1.59 bits per heavy atom. The Morgan fingerprint density at radius 3 is 3.00 bits per heavy atom. The normalized spacial score (nSPS) is 19.1. The van der Waals surface area contributed by atoms with Crippen LogP contribution >= 0.6 is 0 Å². The number of rotatable bonds is 3. The monoisotopic (exact) mass is 232 g/mol. The summed E-state index contributed by atoms with van der Waals surface area (Å²) in [5.74, 6) is -0.969. The molecule has 1 aliphatic rings. The molecule has 1 fully saturated rings. The van der Waals surface area contributed by atoms with E-state index in [-0.39, 0.29) is 0 Å². The fourth-order valence-corrected chi connectivity index (χ4v) is 2.22. The minimum absolute atomic E-state index is 0.459. The van der Waals surface area contributed by atoms with E-state index < -0.39 is 17.4 Å². The second kappa shape index (κ2) is 3.27. The first kappa shape index (κ1) is 10.2. The molecule has 1 saturated carbocycles. The molecule has 0 aliphatic heterocycles. The molecule has 1 atom stereocenters. The molecule has 0 amide bonds. The van der Waals surface area contributed by atoms with Gasteiger partial charge in [-0.2, -0.15) is 5.10 Å². The fraction of sp³-hybridized carbons (Fsp3) is 0.364. The minimum Gasteiger partial charge on any atom is -0.480 e. The molecule has 2 heterocycles. The minimum atomic E-state index is -0.969. The Morgan fingerprint density at radius 2 is 2.35 bits per heavy atom. The lowest BCUT2D eigenvalue weighted by Gasteiger charge is -2.19. The highest BCUT2D eigenvalue weighted by atomic mass is 16.4. The number of hydrogen-bond donors (Lipinski definition) is 2. The number of fused-ring (bicyclic) bond motifs is 1. The van der Waals surface area contributed by atoms with Crippen LogP contribution in [0.25, 0.3) is 5.65 Å². The number of aliphatic carboxylic acids is 1. The molecule has 3 rings (SSSR count). The van der Waals surface area contributed by atoms with E-state index in [1.807, 2.05) is 6.20 Å². The van der Waals surface area contributed by atoms with Gasteiger partial charge in [0.15, 0.2) is 5.65 Å². The lowest BCUT2D eigenvalue weighted by Crippen LogP contribution is -2.42. The van der Waals surface area contributed by atoms with E-state index in [1.54, 1.807) is 23.0 Å². The van der Waals surface area contributed by atoms with Crippen molar-refractivity contribution in [1.29, 1.82) is 0 Å². The number of nitrogens with zero attached hydrogens (tertiary/aromatic N) is 3. The quantitative estimate of drug-likeness (QED) is 0.787. The summed E-state index contributed by atoms with van der Waals surface area (Å²) in [6, 6.07) is 0.915. The zero-order valence-electron chi connectivity index (χ0n) is 9.08. The van der Waals surface area contributed by atoms with Gasteiger partial charge < -0.3 is 10.8 Å². The van der Waals surface area contributed by atoms with Crippen LogP contribution in [0.2, 0.25) is 0 Å². The largest absolute Gasteiger partial charge is 0.480 e. The van der Waals surface area contributed by atoms with Crippen molar-refractivity contribution in [3.05, 3.63) is 30.2 Å². The predicted octanol–water partition coefficient (Wildman–Crippen LogP) is 0.173. The average Bonchev–Trinajstić information content (AvgIpc) is 2.99. The van der Waals surface area contributed by atoms with E-state index in [0.717, 1.165) is 24.1 Å². The van der Waals surface area contributed by atoms with Crippen molar-refractivity contribution in [1.82, 2.24) is 14.6 Å². The van der Waals surface area contributed by atoms with Crippen molar-refractivity contribution < 1.29 is 9.90 Å². The smallest absolute Gasteiger partial charge is 0.321 e. The van der Waals surface area contributed by atoms with Crippen LogP contribution in [-0.4, -0.2) is 31.7 Å². The molecule has 6 heteroatoms. The third kappa shape index (κ3) is 1.41. The molecule has 6 nitrogen and oxygen atoms in total. The molecule has 0 radical (unpaired) electrons. The first-order chi connectivity index (χ1) is 8.13. The molecule has 2 aromatic heterocycles. The van der Waals surface area contributed by atoms with Gasteiger partial charge >= 0.3 is 5.97 Å². The second-order valence-corrected chi connectivity index (χ2v) is 4.45. The fourth-order valence-electron chi connectivity index (χ4n) is 2.22. The van der Waals surface area contributed by atoms with Crippen molar-refractivity contribution >= 4 is 11.6 Å². The van der Waals surface area contributed by atoms with Gasteiger partial charge in [-0.25, -0.2) is 9.50 Å². The second-order valence-electron chi connectivity index (χ2n) is 4.45. The molecule has 3 N–H and O–H groups in total. The Labute approximate surface area is 97.1 Å². The van der Waals surface area contributed by atoms with E-state index in [1.165, 1.54) is 0 Å². The van der Waals surface area contributed by atoms with Crippen LogP contribution in [-0.2, 0) is 10.2 Å². The summed E-state index contributed by atoms with van der Waals surface area (Å²) in [5.41, 5.74) is 6.89. The molecule has 0 saturated heterocycles. The van der Waals surface area contributed by atoms with Gasteiger partial charge in [0.2, 0.25) is 0 Å². The summed E-state index contributed by atoms with van der Waals surface area (Å²) in [5, 5.41) is 13.1. The molecule has 1 unspecified atom stereocenters. The first-order valence-electron chi connectivity index (χ1n) is 5.42. The Balaban J connectivity index is 2.06. The highest BCUT2D eigenvalue weighted by Crippen LogP contribution is 2.50. The van der Waals surface area contributed by atoms with Crippen molar-refractivity contribution in [2.75, 3.05) is 0 Å². The molecular weight excluding hydrogens is 220 g/mol. The third-order valence-electron chi connectivity index (χ3n) is 3.47. The maximum atomic E-state index is 11.0. The van der Waals surface area contributed by atoms with Gasteiger partial charge in [-0.05, 0) is 18.4 Å². The first-order valence-corrected chi connectivity index (χ1v) is 5.42.